The number of amides is 1. The Labute approximate surface area is 193 Å². The van der Waals surface area contributed by atoms with Gasteiger partial charge >= 0.3 is 0 Å². The van der Waals surface area contributed by atoms with Gasteiger partial charge in [0.1, 0.15) is 36.4 Å². The molecule has 7 nitrogen and oxygen atoms in total. The Hall–Kier alpha value is -2.61. The van der Waals surface area contributed by atoms with E-state index in [4.69, 9.17) is 32.5 Å². The highest BCUT2D eigenvalue weighted by molar-refractivity contribution is 6.39. The number of ether oxygens (including phenoxy) is 1. The Morgan fingerprint density at radius 2 is 2.00 bits per heavy atom. The quantitative estimate of drug-likeness (QED) is 0.553. The summed E-state index contributed by atoms with van der Waals surface area (Å²) in [5.74, 6) is 2.08. The Kier molecular flexibility index (Phi) is 4.51. The van der Waals surface area contributed by atoms with Crippen molar-refractivity contribution in [3.8, 4) is 17.0 Å². The van der Waals surface area contributed by atoms with Crippen LogP contribution in [-0.4, -0.2) is 27.9 Å². The molecule has 2 saturated carbocycles. The van der Waals surface area contributed by atoms with Crippen molar-refractivity contribution in [1.82, 2.24) is 10.1 Å². The Morgan fingerprint density at radius 3 is 2.66 bits per heavy atom. The minimum atomic E-state index is -0.558. The minimum absolute atomic E-state index is 0.0923. The van der Waals surface area contributed by atoms with E-state index in [1.807, 2.05) is 6.07 Å². The lowest BCUT2D eigenvalue weighted by Crippen LogP contribution is -2.32. The number of fused-ring (bicyclic) bond motifs is 2. The fourth-order valence-electron chi connectivity index (χ4n) is 4.50. The zero-order valence-electron chi connectivity index (χ0n) is 17.0. The van der Waals surface area contributed by atoms with Crippen molar-refractivity contribution in [1.29, 1.82) is 0 Å². The molecule has 1 aliphatic heterocycles. The third-order valence-electron chi connectivity index (χ3n) is 6.51. The van der Waals surface area contributed by atoms with Crippen molar-refractivity contribution in [2.45, 2.75) is 43.6 Å². The highest BCUT2D eigenvalue weighted by Gasteiger charge is 2.60. The molecule has 164 valence electrons. The van der Waals surface area contributed by atoms with Gasteiger partial charge in [0.2, 0.25) is 5.91 Å². The summed E-state index contributed by atoms with van der Waals surface area (Å²) in [5, 5.41) is 14.9. The van der Waals surface area contributed by atoms with Crippen LogP contribution in [-0.2, 0) is 16.8 Å². The van der Waals surface area contributed by atoms with Gasteiger partial charge < -0.3 is 14.4 Å². The molecule has 1 aromatic carbocycles. The lowest BCUT2D eigenvalue weighted by molar-refractivity contribution is -0.120. The molecule has 3 heterocycles. The van der Waals surface area contributed by atoms with Crippen LogP contribution in [0.3, 0.4) is 0 Å². The predicted molar refractivity (Wildman–Crippen MR) is 118 cm³/mol. The summed E-state index contributed by atoms with van der Waals surface area (Å²) in [6, 6.07) is 7.17. The van der Waals surface area contributed by atoms with E-state index in [2.05, 4.69) is 10.1 Å². The highest BCUT2D eigenvalue weighted by Crippen LogP contribution is 2.57. The number of anilines is 1. The van der Waals surface area contributed by atoms with E-state index in [0.717, 1.165) is 42.6 Å². The van der Waals surface area contributed by atoms with Crippen LogP contribution in [0.1, 0.15) is 48.5 Å². The van der Waals surface area contributed by atoms with E-state index in [0.29, 0.717) is 38.8 Å². The molecule has 0 bridgehead atoms. The monoisotopic (exact) mass is 471 g/mol. The largest absolute Gasteiger partial charge is 0.487 e. The lowest BCUT2D eigenvalue weighted by atomic mass is 9.99. The molecule has 6 rings (SSSR count). The van der Waals surface area contributed by atoms with Crippen LogP contribution in [0, 0.1) is 0 Å². The van der Waals surface area contributed by atoms with Crippen molar-refractivity contribution < 1.29 is 19.2 Å². The average molecular weight is 472 g/mol. The van der Waals surface area contributed by atoms with Gasteiger partial charge in [0.25, 0.3) is 0 Å². The zero-order valence-corrected chi connectivity index (χ0v) is 18.5. The molecule has 3 aromatic rings. The number of hydrogen-bond acceptors (Lipinski definition) is 6. The van der Waals surface area contributed by atoms with Crippen LogP contribution in [0.15, 0.2) is 35.0 Å². The lowest BCUT2D eigenvalue weighted by Gasteiger charge is -2.13. The van der Waals surface area contributed by atoms with Gasteiger partial charge in [0.15, 0.2) is 0 Å². The molecular formula is C23H19Cl2N3O4. The Bertz CT molecular complexity index is 1230. The first-order valence-corrected chi connectivity index (χ1v) is 11.3. The van der Waals surface area contributed by atoms with Crippen molar-refractivity contribution >= 4 is 34.9 Å². The fraction of sp³-hybridized carbons (Fsp3) is 0.348. The summed E-state index contributed by atoms with van der Waals surface area (Å²) in [5.41, 5.74) is 2.28. The number of aliphatic hydroxyl groups is 1. The molecule has 9 heteroatoms. The number of carbonyl (C=O) groups is 1. The van der Waals surface area contributed by atoms with Crippen LogP contribution < -0.4 is 9.64 Å². The van der Waals surface area contributed by atoms with Crippen molar-refractivity contribution in [2.24, 2.45) is 0 Å². The second-order valence-corrected chi connectivity index (χ2v) is 9.35. The van der Waals surface area contributed by atoms with Crippen LogP contribution >= 0.6 is 23.2 Å². The third kappa shape index (κ3) is 2.95. The molecule has 0 saturated heterocycles. The Balaban J connectivity index is 1.34. The summed E-state index contributed by atoms with van der Waals surface area (Å²) >= 11 is 12.9. The number of nitrogens with zero attached hydrogens (tertiary/aromatic N) is 3. The van der Waals surface area contributed by atoms with Crippen LogP contribution in [0.4, 0.5) is 5.82 Å². The van der Waals surface area contributed by atoms with E-state index in [9.17, 15) is 9.90 Å². The van der Waals surface area contributed by atoms with Gasteiger partial charge in [-0.05, 0) is 43.9 Å². The molecule has 1 spiro atoms. The van der Waals surface area contributed by atoms with Crippen molar-refractivity contribution in [3.05, 3.63) is 57.4 Å². The Morgan fingerprint density at radius 1 is 1.25 bits per heavy atom. The minimum Gasteiger partial charge on any atom is -0.487 e. The summed E-state index contributed by atoms with van der Waals surface area (Å²) in [6.07, 6.45) is 5.17. The van der Waals surface area contributed by atoms with Gasteiger partial charge in [0, 0.05) is 17.0 Å². The molecule has 1 N–H and O–H groups in total. The van der Waals surface area contributed by atoms with Gasteiger partial charge in [-0.1, -0.05) is 34.4 Å². The molecular weight excluding hydrogens is 453 g/mol. The van der Waals surface area contributed by atoms with Gasteiger partial charge in [-0.15, -0.1) is 0 Å². The first kappa shape index (κ1) is 20.0. The van der Waals surface area contributed by atoms with Crippen molar-refractivity contribution in [3.63, 3.8) is 0 Å². The SMILES string of the molecule is O=C1N(CO)c2ncc(OCc3c(-c4c(Cl)cccc4Cl)noc3C3CC3)cc2C12CC2. The van der Waals surface area contributed by atoms with Crippen LogP contribution in [0.25, 0.3) is 11.3 Å². The maximum Gasteiger partial charge on any atom is 0.240 e. The summed E-state index contributed by atoms with van der Waals surface area (Å²) in [6.45, 7) is -0.175. The van der Waals surface area contributed by atoms with E-state index >= 15 is 0 Å². The van der Waals surface area contributed by atoms with E-state index in [1.165, 1.54) is 4.90 Å². The summed E-state index contributed by atoms with van der Waals surface area (Å²) in [7, 11) is 0. The number of halogens is 2. The number of aromatic nitrogens is 2. The zero-order chi connectivity index (χ0) is 22.0. The van der Waals surface area contributed by atoms with E-state index in [-0.39, 0.29) is 19.2 Å². The third-order valence-corrected chi connectivity index (χ3v) is 7.14. The van der Waals surface area contributed by atoms with E-state index < -0.39 is 5.41 Å². The molecule has 2 fully saturated rings. The standard InChI is InChI=1S/C23H19Cl2N3O4/c24-16-2-1-3-17(25)18(16)19-14(20(32-27-19)12-4-5-12)10-31-13-8-15-21(26-9-13)28(11-29)22(30)23(15)6-7-23/h1-3,8-9,12,29H,4-7,10-11H2. The topological polar surface area (TPSA) is 88.7 Å². The summed E-state index contributed by atoms with van der Waals surface area (Å²) < 4.78 is 11.8. The molecule has 0 radical (unpaired) electrons. The second-order valence-electron chi connectivity index (χ2n) is 8.53. The number of benzene rings is 1. The number of carbonyl (C=O) groups excluding carboxylic acids is 1. The number of rotatable bonds is 6. The number of aliphatic hydroxyl groups excluding tert-OH is 1. The molecule has 0 unspecified atom stereocenters. The van der Waals surface area contributed by atoms with Gasteiger partial charge in [-0.3, -0.25) is 9.69 Å². The normalized spacial score (nSPS) is 18.3. The highest BCUT2D eigenvalue weighted by atomic mass is 35.5. The van der Waals surface area contributed by atoms with Crippen LogP contribution in [0.2, 0.25) is 10.0 Å². The molecule has 1 amide bonds. The average Bonchev–Trinajstić information content (AvgIpc) is 3.70. The molecule has 32 heavy (non-hydrogen) atoms. The fourth-order valence-corrected chi connectivity index (χ4v) is 5.07. The maximum absolute atomic E-state index is 12.7. The van der Waals surface area contributed by atoms with Crippen LogP contribution in [0.5, 0.6) is 5.75 Å². The van der Waals surface area contributed by atoms with Gasteiger partial charge in [-0.2, -0.15) is 0 Å². The molecule has 2 aliphatic carbocycles. The molecule has 2 aromatic heterocycles. The summed E-state index contributed by atoms with van der Waals surface area (Å²) in [4.78, 5) is 18.4. The first-order chi connectivity index (χ1) is 15.5. The van der Waals surface area contributed by atoms with Crippen molar-refractivity contribution in [2.75, 3.05) is 11.6 Å². The van der Waals surface area contributed by atoms with Gasteiger partial charge in [0.05, 0.1) is 27.2 Å². The number of pyridine rings is 1. The van der Waals surface area contributed by atoms with E-state index in [1.54, 1.807) is 24.4 Å². The smallest absolute Gasteiger partial charge is 0.240 e. The number of hydrogen-bond donors (Lipinski definition) is 1. The first-order valence-electron chi connectivity index (χ1n) is 10.5. The molecule has 3 aliphatic rings. The predicted octanol–water partition coefficient (Wildman–Crippen LogP) is 4.83. The molecule has 0 atom stereocenters. The van der Waals surface area contributed by atoms with Gasteiger partial charge in [-0.25, -0.2) is 4.98 Å². The maximum atomic E-state index is 12.7. The second kappa shape index (κ2) is 7.20.